The maximum atomic E-state index is 13.1. The number of hydrogen-bond acceptors (Lipinski definition) is 3. The minimum absolute atomic E-state index is 0.0233. The molecule has 0 N–H and O–H groups in total. The van der Waals surface area contributed by atoms with Gasteiger partial charge in [-0.2, -0.15) is 5.10 Å². The van der Waals surface area contributed by atoms with Crippen molar-refractivity contribution in [2.75, 3.05) is 0 Å². The molecule has 0 aliphatic carbocycles. The summed E-state index contributed by atoms with van der Waals surface area (Å²) in [6, 6.07) is 5.74. The van der Waals surface area contributed by atoms with Gasteiger partial charge in [-0.05, 0) is 50.3 Å². The van der Waals surface area contributed by atoms with E-state index in [-0.39, 0.29) is 23.3 Å². The molecular formula is C15H18FN3OS. The number of hydrogen-bond donors (Lipinski definition) is 0. The third-order valence-electron chi connectivity index (χ3n) is 3.15. The van der Waals surface area contributed by atoms with Crippen LogP contribution in [0.25, 0.3) is 5.69 Å². The van der Waals surface area contributed by atoms with E-state index in [0.29, 0.717) is 16.2 Å². The fraction of sp³-hybridized carbons (Fsp3) is 0.400. The van der Waals surface area contributed by atoms with Gasteiger partial charge in [-0.15, -0.1) is 0 Å². The summed E-state index contributed by atoms with van der Waals surface area (Å²) < 4.78 is 16.5. The van der Waals surface area contributed by atoms with Gasteiger partial charge in [0.1, 0.15) is 11.5 Å². The lowest BCUT2D eigenvalue weighted by molar-refractivity contribution is 0.469. The van der Waals surface area contributed by atoms with E-state index in [2.05, 4.69) is 5.10 Å². The Morgan fingerprint density at radius 3 is 2.19 bits per heavy atom. The largest absolute Gasteiger partial charge is 0.281 e. The van der Waals surface area contributed by atoms with Gasteiger partial charge in [0.25, 0.3) is 5.56 Å². The third kappa shape index (κ3) is 2.95. The molecule has 0 aliphatic rings. The van der Waals surface area contributed by atoms with Crippen LogP contribution in [0.4, 0.5) is 4.39 Å². The monoisotopic (exact) mass is 307 g/mol. The zero-order chi connectivity index (χ0) is 15.7. The van der Waals surface area contributed by atoms with Gasteiger partial charge < -0.3 is 0 Å². The first-order valence-electron chi connectivity index (χ1n) is 6.84. The average Bonchev–Trinajstić information content (AvgIpc) is 2.40. The van der Waals surface area contributed by atoms with E-state index >= 15 is 0 Å². The molecule has 1 heterocycles. The second kappa shape index (κ2) is 5.89. The second-order valence-electron chi connectivity index (χ2n) is 5.48. The Morgan fingerprint density at radius 2 is 1.71 bits per heavy atom. The van der Waals surface area contributed by atoms with Crippen molar-refractivity contribution in [3.8, 4) is 5.69 Å². The quantitative estimate of drug-likeness (QED) is 0.813. The van der Waals surface area contributed by atoms with Gasteiger partial charge in [-0.25, -0.2) is 9.07 Å². The highest BCUT2D eigenvalue weighted by molar-refractivity contribution is 7.71. The molecule has 0 radical (unpaired) electrons. The van der Waals surface area contributed by atoms with Crippen molar-refractivity contribution in [3.05, 3.63) is 50.9 Å². The van der Waals surface area contributed by atoms with Crippen LogP contribution in [-0.4, -0.2) is 14.3 Å². The molecule has 0 bridgehead atoms. The minimum atomic E-state index is -0.354. The van der Waals surface area contributed by atoms with Crippen LogP contribution in [0, 0.1) is 10.6 Å². The van der Waals surface area contributed by atoms with E-state index in [1.807, 2.05) is 27.7 Å². The van der Waals surface area contributed by atoms with Crippen molar-refractivity contribution in [1.82, 2.24) is 14.3 Å². The average molecular weight is 307 g/mol. The SMILES string of the molecule is CC(C)c1nn(C(C)C)c(=S)n(-c2ccc(F)cc2)c1=O. The Kier molecular flexibility index (Phi) is 4.37. The maximum Gasteiger partial charge on any atom is 0.281 e. The van der Waals surface area contributed by atoms with Crippen molar-refractivity contribution >= 4 is 12.2 Å². The van der Waals surface area contributed by atoms with Crippen LogP contribution >= 0.6 is 12.2 Å². The van der Waals surface area contributed by atoms with Gasteiger partial charge >= 0.3 is 0 Å². The molecule has 1 aromatic carbocycles. The molecule has 0 aliphatic heterocycles. The number of aromatic nitrogens is 3. The normalized spacial score (nSPS) is 11.4. The fourth-order valence-electron chi connectivity index (χ4n) is 2.02. The third-order valence-corrected chi connectivity index (χ3v) is 3.52. The highest BCUT2D eigenvalue weighted by atomic mass is 32.1. The molecule has 0 fully saturated rings. The summed E-state index contributed by atoms with van der Waals surface area (Å²) in [4.78, 5) is 12.6. The Labute approximate surface area is 127 Å². The van der Waals surface area contributed by atoms with Gasteiger partial charge in [-0.1, -0.05) is 13.8 Å². The number of rotatable bonds is 3. The van der Waals surface area contributed by atoms with Crippen LogP contribution in [0.1, 0.15) is 45.3 Å². The van der Waals surface area contributed by atoms with Crippen LogP contribution < -0.4 is 5.56 Å². The van der Waals surface area contributed by atoms with Crippen LogP contribution in [0.3, 0.4) is 0 Å². The second-order valence-corrected chi connectivity index (χ2v) is 5.84. The summed E-state index contributed by atoms with van der Waals surface area (Å²) in [6.07, 6.45) is 0. The van der Waals surface area contributed by atoms with Crippen molar-refractivity contribution in [1.29, 1.82) is 0 Å². The van der Waals surface area contributed by atoms with Crippen molar-refractivity contribution in [3.63, 3.8) is 0 Å². The maximum absolute atomic E-state index is 13.1. The van der Waals surface area contributed by atoms with E-state index < -0.39 is 0 Å². The topological polar surface area (TPSA) is 39.8 Å². The lowest BCUT2D eigenvalue weighted by atomic mass is 10.1. The molecule has 1 aromatic heterocycles. The summed E-state index contributed by atoms with van der Waals surface area (Å²) in [6.45, 7) is 7.72. The number of benzene rings is 1. The molecule has 2 aromatic rings. The molecular weight excluding hydrogens is 289 g/mol. The van der Waals surface area contributed by atoms with Crippen LogP contribution in [0.2, 0.25) is 0 Å². The molecule has 6 heteroatoms. The lowest BCUT2D eigenvalue weighted by Gasteiger charge is -2.17. The van der Waals surface area contributed by atoms with Gasteiger partial charge in [-0.3, -0.25) is 9.36 Å². The molecule has 0 spiro atoms. The Hall–Kier alpha value is -1.82. The van der Waals surface area contributed by atoms with Gasteiger partial charge in [0.15, 0.2) is 0 Å². The highest BCUT2D eigenvalue weighted by Crippen LogP contribution is 2.13. The van der Waals surface area contributed by atoms with Crippen molar-refractivity contribution in [2.45, 2.75) is 39.7 Å². The first kappa shape index (κ1) is 15.6. The van der Waals surface area contributed by atoms with E-state index in [1.54, 1.807) is 16.8 Å². The Morgan fingerprint density at radius 1 is 1.14 bits per heavy atom. The molecule has 0 atom stereocenters. The number of nitrogens with zero attached hydrogens (tertiary/aromatic N) is 3. The lowest BCUT2D eigenvalue weighted by Crippen LogP contribution is -2.31. The summed E-state index contributed by atoms with van der Waals surface area (Å²) in [5.41, 5.74) is 0.741. The fourth-order valence-corrected chi connectivity index (χ4v) is 2.46. The van der Waals surface area contributed by atoms with E-state index in [1.165, 1.54) is 16.7 Å². The Balaban J connectivity index is 2.83. The van der Waals surface area contributed by atoms with Crippen LogP contribution in [0.15, 0.2) is 29.1 Å². The Bertz CT molecular complexity index is 720. The molecule has 112 valence electrons. The summed E-state index contributed by atoms with van der Waals surface area (Å²) in [5, 5.41) is 4.38. The van der Waals surface area contributed by atoms with Gasteiger partial charge in [0.2, 0.25) is 4.77 Å². The van der Waals surface area contributed by atoms with E-state index in [9.17, 15) is 9.18 Å². The summed E-state index contributed by atoms with van der Waals surface area (Å²) >= 11 is 5.39. The zero-order valence-electron chi connectivity index (χ0n) is 12.5. The zero-order valence-corrected chi connectivity index (χ0v) is 13.3. The smallest absolute Gasteiger partial charge is 0.267 e. The van der Waals surface area contributed by atoms with Crippen LogP contribution in [0.5, 0.6) is 0 Å². The van der Waals surface area contributed by atoms with Crippen molar-refractivity contribution in [2.24, 2.45) is 0 Å². The first-order chi connectivity index (χ1) is 9.82. The molecule has 4 nitrogen and oxygen atoms in total. The predicted molar refractivity (Wildman–Crippen MR) is 83.1 cm³/mol. The summed E-state index contributed by atoms with van der Waals surface area (Å²) in [5.74, 6) is -0.377. The van der Waals surface area contributed by atoms with Gasteiger partial charge in [0.05, 0.1) is 5.69 Å². The molecule has 0 saturated carbocycles. The van der Waals surface area contributed by atoms with Crippen LogP contribution in [-0.2, 0) is 0 Å². The van der Waals surface area contributed by atoms with Crippen molar-refractivity contribution < 1.29 is 4.39 Å². The molecule has 0 saturated heterocycles. The predicted octanol–water partition coefficient (Wildman–Crippen LogP) is 3.61. The summed E-state index contributed by atoms with van der Waals surface area (Å²) in [7, 11) is 0. The van der Waals surface area contributed by atoms with Gasteiger partial charge in [0, 0.05) is 12.0 Å². The molecule has 0 unspecified atom stereocenters. The number of halogens is 1. The minimum Gasteiger partial charge on any atom is -0.267 e. The first-order valence-corrected chi connectivity index (χ1v) is 7.25. The molecule has 2 rings (SSSR count). The molecule has 21 heavy (non-hydrogen) atoms. The standard InChI is InChI=1S/C15H18FN3OS/c1-9(2)13-14(20)18(12-7-5-11(16)6-8-12)15(21)19(17-13)10(3)4/h5-10H,1-4H3. The van der Waals surface area contributed by atoms with E-state index in [4.69, 9.17) is 12.2 Å². The highest BCUT2D eigenvalue weighted by Gasteiger charge is 2.16. The van der Waals surface area contributed by atoms with E-state index in [0.717, 1.165) is 0 Å². The molecule has 0 amide bonds.